The highest BCUT2D eigenvalue weighted by molar-refractivity contribution is 6.32. The van der Waals surface area contributed by atoms with Crippen LogP contribution in [0.4, 0.5) is 10.1 Å². The molecule has 5 rings (SSSR count). The van der Waals surface area contributed by atoms with Gasteiger partial charge in [-0.3, -0.25) is 9.59 Å². The Kier molecular flexibility index (Phi) is 8.06. The number of pyridine rings is 1. The molecule has 0 radical (unpaired) electrons. The Morgan fingerprint density at radius 2 is 1.95 bits per heavy atom. The topological polar surface area (TPSA) is 142 Å². The molecule has 1 saturated carbocycles. The number of alkyl halides is 1. The number of hydrogen-bond donors (Lipinski definition) is 3. The van der Waals surface area contributed by atoms with Crippen molar-refractivity contribution in [3.63, 3.8) is 0 Å². The van der Waals surface area contributed by atoms with E-state index in [0.717, 1.165) is 23.1 Å². The molecule has 12 heteroatoms. The predicted molar refractivity (Wildman–Crippen MR) is 135 cm³/mol. The number of nitrogens with one attached hydrogen (secondary N) is 1. The third-order valence-electron chi connectivity index (χ3n) is 6.19. The molecule has 1 saturated heterocycles. The number of nitrogens with zero attached hydrogens (tertiary/aromatic N) is 3. The molecule has 0 spiro atoms. The second-order valence-electron chi connectivity index (χ2n) is 8.99. The maximum Gasteiger partial charge on any atom is 0.292 e. The van der Waals surface area contributed by atoms with Gasteiger partial charge in [0.05, 0.1) is 36.9 Å². The molecule has 1 unspecified atom stereocenters. The molecule has 10 nitrogen and oxygen atoms in total. The lowest BCUT2D eigenvalue weighted by Crippen LogP contribution is -2.40. The van der Waals surface area contributed by atoms with E-state index in [1.165, 1.54) is 12.4 Å². The van der Waals surface area contributed by atoms with E-state index >= 15 is 0 Å². The summed E-state index contributed by atoms with van der Waals surface area (Å²) in [5.41, 5.74) is 5.76. The first-order valence-corrected chi connectivity index (χ1v) is 12.0. The summed E-state index contributed by atoms with van der Waals surface area (Å²) >= 11 is 6.26. The summed E-state index contributed by atoms with van der Waals surface area (Å²) in [6.07, 6.45) is 5.90. The fraction of sp³-hybridized carbons (Fsp3) is 0.360. The Morgan fingerprint density at radius 1 is 1.22 bits per heavy atom. The van der Waals surface area contributed by atoms with E-state index in [0.29, 0.717) is 36.8 Å². The van der Waals surface area contributed by atoms with Crippen molar-refractivity contribution in [3.05, 3.63) is 69.7 Å². The summed E-state index contributed by atoms with van der Waals surface area (Å²) in [6, 6.07) is 10.9. The first-order valence-electron chi connectivity index (χ1n) is 11.7. The third kappa shape index (κ3) is 6.43. The lowest BCUT2D eigenvalue weighted by atomic mass is 9.99. The second kappa shape index (κ2) is 11.2. The van der Waals surface area contributed by atoms with Gasteiger partial charge in [0.1, 0.15) is 10.8 Å². The largest absolute Gasteiger partial charge is 0.483 e. The minimum atomic E-state index is -1.50. The molecule has 0 amide bonds. The van der Waals surface area contributed by atoms with Crippen molar-refractivity contribution in [2.75, 3.05) is 25.1 Å². The van der Waals surface area contributed by atoms with E-state index in [4.69, 9.17) is 36.7 Å². The molecule has 37 heavy (non-hydrogen) atoms. The number of hydrogen-bond acceptors (Lipinski definition) is 8. The van der Waals surface area contributed by atoms with Crippen LogP contribution >= 0.6 is 11.6 Å². The van der Waals surface area contributed by atoms with Crippen LogP contribution in [0.3, 0.4) is 0 Å². The molecule has 0 bridgehead atoms. The van der Waals surface area contributed by atoms with Gasteiger partial charge in [-0.2, -0.15) is 9.78 Å². The SMILES string of the molecule is NC1(c2ccc(Oc3ccc(-n4ncc(NCC5(F)CCCOC5)c(Cl)c4=O)cn3)cc2)CC1.O=CO. The maximum atomic E-state index is 14.7. The van der Waals surface area contributed by atoms with Crippen molar-refractivity contribution >= 4 is 23.8 Å². The van der Waals surface area contributed by atoms with Gasteiger partial charge in [-0.25, -0.2) is 9.37 Å². The van der Waals surface area contributed by atoms with Crippen LogP contribution in [-0.2, 0) is 15.1 Å². The van der Waals surface area contributed by atoms with Gasteiger partial charge in [0, 0.05) is 18.2 Å². The van der Waals surface area contributed by atoms with Crippen molar-refractivity contribution < 1.29 is 23.8 Å². The van der Waals surface area contributed by atoms with Gasteiger partial charge in [0.25, 0.3) is 12.0 Å². The standard InChI is InChI=1S/C24H25ClFN5O3.CH2O2/c25-21-19(29-14-23(26)8-1-11-33-15-23)13-30-31(22(21)32)17-4-7-20(28-12-17)34-18-5-2-16(3-6-18)24(27)9-10-24;2-1-3/h2-7,12-13,29H,1,8-11,14-15,27H2;1H,(H,2,3). The average Bonchev–Trinajstić information content (AvgIpc) is 3.65. The predicted octanol–water partition coefficient (Wildman–Crippen LogP) is 3.65. The molecule has 2 aromatic heterocycles. The Labute approximate surface area is 217 Å². The quantitative estimate of drug-likeness (QED) is 0.389. The van der Waals surface area contributed by atoms with Crippen LogP contribution < -0.4 is 21.3 Å². The van der Waals surface area contributed by atoms with E-state index in [9.17, 15) is 9.18 Å². The summed E-state index contributed by atoms with van der Waals surface area (Å²) in [4.78, 5) is 25.4. The van der Waals surface area contributed by atoms with Gasteiger partial charge >= 0.3 is 0 Å². The summed E-state index contributed by atoms with van der Waals surface area (Å²) in [6.45, 7) is 0.307. The van der Waals surface area contributed by atoms with Crippen LogP contribution in [0.25, 0.3) is 5.69 Å². The minimum Gasteiger partial charge on any atom is -0.483 e. The normalized spacial score (nSPS) is 19.8. The van der Waals surface area contributed by atoms with Crippen LogP contribution in [0.1, 0.15) is 31.2 Å². The van der Waals surface area contributed by atoms with E-state index in [2.05, 4.69) is 15.4 Å². The smallest absolute Gasteiger partial charge is 0.292 e. The Bertz CT molecular complexity index is 1280. The second-order valence-corrected chi connectivity index (χ2v) is 9.37. The highest BCUT2D eigenvalue weighted by Crippen LogP contribution is 2.43. The van der Waals surface area contributed by atoms with Crippen LogP contribution in [0.15, 0.2) is 53.6 Å². The zero-order valence-electron chi connectivity index (χ0n) is 19.9. The number of aromatic nitrogens is 3. The van der Waals surface area contributed by atoms with Crippen molar-refractivity contribution in [1.82, 2.24) is 14.8 Å². The monoisotopic (exact) mass is 531 g/mol. The highest BCUT2D eigenvalue weighted by atomic mass is 35.5. The van der Waals surface area contributed by atoms with Crippen LogP contribution in [-0.4, -0.2) is 51.8 Å². The van der Waals surface area contributed by atoms with Crippen molar-refractivity contribution in [1.29, 1.82) is 0 Å². The first kappa shape index (κ1) is 26.5. The van der Waals surface area contributed by atoms with E-state index < -0.39 is 11.2 Å². The molecule has 3 heterocycles. The average molecular weight is 532 g/mol. The molecule has 2 aliphatic rings. The molecular weight excluding hydrogens is 505 g/mol. The molecule has 1 aliphatic carbocycles. The summed E-state index contributed by atoms with van der Waals surface area (Å²) in [5.74, 6) is 1.00. The van der Waals surface area contributed by atoms with Crippen molar-refractivity contribution in [2.45, 2.75) is 36.9 Å². The van der Waals surface area contributed by atoms with Crippen LogP contribution in [0.2, 0.25) is 5.02 Å². The molecule has 3 aromatic rings. The highest BCUT2D eigenvalue weighted by Gasteiger charge is 2.39. The summed E-state index contributed by atoms with van der Waals surface area (Å²) in [5, 5.41) is 13.9. The van der Waals surface area contributed by atoms with Crippen LogP contribution in [0.5, 0.6) is 11.6 Å². The maximum absolute atomic E-state index is 14.7. The molecule has 1 aliphatic heterocycles. The number of carbonyl (C=O) groups is 1. The van der Waals surface area contributed by atoms with Gasteiger partial charge in [0.2, 0.25) is 5.88 Å². The van der Waals surface area contributed by atoms with E-state index in [-0.39, 0.29) is 35.9 Å². The zero-order valence-corrected chi connectivity index (χ0v) is 20.7. The van der Waals surface area contributed by atoms with Crippen molar-refractivity contribution in [3.8, 4) is 17.3 Å². The Morgan fingerprint density at radius 3 is 2.54 bits per heavy atom. The molecular formula is C25H27ClFN5O5. The zero-order chi connectivity index (χ0) is 26.5. The van der Waals surface area contributed by atoms with Crippen molar-refractivity contribution in [2.24, 2.45) is 5.73 Å². The van der Waals surface area contributed by atoms with Gasteiger partial charge in [-0.05, 0) is 49.4 Å². The van der Waals surface area contributed by atoms with Gasteiger partial charge in [-0.15, -0.1) is 0 Å². The molecule has 196 valence electrons. The first-order chi connectivity index (χ1) is 17.8. The number of benzene rings is 1. The van der Waals surface area contributed by atoms with Crippen LogP contribution in [0, 0.1) is 0 Å². The number of ether oxygens (including phenoxy) is 2. The van der Waals surface area contributed by atoms with Gasteiger partial charge < -0.3 is 25.6 Å². The lowest BCUT2D eigenvalue weighted by Gasteiger charge is -2.29. The fourth-order valence-corrected chi connectivity index (χ4v) is 4.10. The number of nitrogens with two attached hydrogens (primary N) is 1. The minimum absolute atomic E-state index is 0.0140. The fourth-order valence-electron chi connectivity index (χ4n) is 3.91. The number of rotatable bonds is 7. The molecule has 1 atom stereocenters. The summed E-state index contributed by atoms with van der Waals surface area (Å²) in [7, 11) is 0. The Balaban J connectivity index is 0.00000102. The third-order valence-corrected chi connectivity index (χ3v) is 6.56. The molecule has 4 N–H and O–H groups in total. The molecule has 2 fully saturated rings. The number of halogens is 2. The lowest BCUT2D eigenvalue weighted by molar-refractivity contribution is -0.122. The van der Waals surface area contributed by atoms with E-state index in [1.54, 1.807) is 12.1 Å². The number of anilines is 1. The molecule has 1 aromatic carbocycles. The van der Waals surface area contributed by atoms with E-state index in [1.807, 2.05) is 24.3 Å². The van der Waals surface area contributed by atoms with Gasteiger partial charge in [0.15, 0.2) is 5.67 Å². The number of carboxylic acid groups (broad SMARTS) is 1. The summed E-state index contributed by atoms with van der Waals surface area (Å²) < 4.78 is 26.9. The van der Waals surface area contributed by atoms with Gasteiger partial charge in [-0.1, -0.05) is 23.7 Å². The Hall–Kier alpha value is -3.54.